The predicted octanol–water partition coefficient (Wildman–Crippen LogP) is 3.35. The van der Waals surface area contributed by atoms with Crippen LogP contribution in [0.3, 0.4) is 0 Å². The predicted molar refractivity (Wildman–Crippen MR) is 78.3 cm³/mol. The van der Waals surface area contributed by atoms with Gasteiger partial charge in [-0.2, -0.15) is 4.98 Å². The Balaban J connectivity index is 1.84. The van der Waals surface area contributed by atoms with Crippen molar-refractivity contribution in [3.8, 4) is 17.6 Å². The van der Waals surface area contributed by atoms with Gasteiger partial charge in [0.25, 0.3) is 0 Å². The lowest BCUT2D eigenvalue weighted by atomic mass is 10.3. The molecule has 0 aliphatic carbocycles. The smallest absolute Gasteiger partial charge is 0.342 e. The van der Waals surface area contributed by atoms with Gasteiger partial charge in [-0.15, -0.1) is 5.10 Å². The first-order valence-electron chi connectivity index (χ1n) is 6.01. The molecule has 0 saturated carbocycles. The van der Waals surface area contributed by atoms with E-state index < -0.39 is 0 Å². The summed E-state index contributed by atoms with van der Waals surface area (Å²) in [5.74, 6) is 0.509. The third-order valence-electron chi connectivity index (χ3n) is 2.67. The van der Waals surface area contributed by atoms with E-state index in [4.69, 9.17) is 4.74 Å². The molecule has 2 heterocycles. The highest BCUT2D eigenvalue weighted by Gasteiger charge is 2.09. The van der Waals surface area contributed by atoms with Gasteiger partial charge in [-0.1, -0.05) is 40.2 Å². The Labute approximate surface area is 124 Å². The molecule has 2 aromatic heterocycles. The van der Waals surface area contributed by atoms with Crippen LogP contribution in [0.4, 0.5) is 0 Å². The molecular weight excluding hydrogens is 320 g/mol. The van der Waals surface area contributed by atoms with E-state index in [-0.39, 0.29) is 6.01 Å². The van der Waals surface area contributed by atoms with Gasteiger partial charge in [0.05, 0.1) is 5.69 Å². The number of nitrogens with zero attached hydrogens (tertiary/aromatic N) is 4. The standard InChI is InChI=1S/C14H11BrN4O/c15-9-11-5-4-8-16-13(11)20-14-17-10-19(18-14)12-6-2-1-3-7-12/h1-8,10H,9H2. The SMILES string of the molecule is BrCc1cccnc1Oc1ncn(-c2ccccc2)n1. The second kappa shape index (κ2) is 5.83. The molecule has 0 atom stereocenters. The lowest BCUT2D eigenvalue weighted by Gasteiger charge is -2.04. The second-order valence-electron chi connectivity index (χ2n) is 4.01. The summed E-state index contributed by atoms with van der Waals surface area (Å²) in [5.41, 5.74) is 1.88. The minimum atomic E-state index is 0.273. The number of benzene rings is 1. The Morgan fingerprint density at radius 3 is 2.70 bits per heavy atom. The van der Waals surface area contributed by atoms with Crippen LogP contribution in [0.1, 0.15) is 5.56 Å². The third-order valence-corrected chi connectivity index (χ3v) is 3.28. The fraction of sp³-hybridized carbons (Fsp3) is 0.0714. The molecule has 0 unspecified atom stereocenters. The maximum Gasteiger partial charge on any atom is 0.342 e. The Morgan fingerprint density at radius 1 is 1.05 bits per heavy atom. The van der Waals surface area contributed by atoms with E-state index in [1.165, 1.54) is 0 Å². The number of hydrogen-bond donors (Lipinski definition) is 0. The number of halogens is 1. The van der Waals surface area contributed by atoms with Gasteiger partial charge in [-0.25, -0.2) is 9.67 Å². The lowest BCUT2D eigenvalue weighted by Crippen LogP contribution is -1.96. The van der Waals surface area contributed by atoms with E-state index in [0.29, 0.717) is 11.2 Å². The van der Waals surface area contributed by atoms with Gasteiger partial charge in [0.2, 0.25) is 5.88 Å². The lowest BCUT2D eigenvalue weighted by molar-refractivity contribution is 0.421. The van der Waals surface area contributed by atoms with Gasteiger partial charge in [-0.3, -0.25) is 0 Å². The molecule has 1 aromatic carbocycles. The monoisotopic (exact) mass is 330 g/mol. The van der Waals surface area contributed by atoms with Crippen molar-refractivity contribution < 1.29 is 4.74 Å². The molecule has 0 N–H and O–H groups in total. The van der Waals surface area contributed by atoms with E-state index >= 15 is 0 Å². The average Bonchev–Trinajstić information content (AvgIpc) is 2.97. The van der Waals surface area contributed by atoms with E-state index in [2.05, 4.69) is 31.0 Å². The van der Waals surface area contributed by atoms with E-state index in [0.717, 1.165) is 11.3 Å². The van der Waals surface area contributed by atoms with Crippen LogP contribution in [0.15, 0.2) is 55.0 Å². The Morgan fingerprint density at radius 2 is 1.90 bits per heavy atom. The molecule has 0 aliphatic rings. The van der Waals surface area contributed by atoms with E-state index in [1.807, 2.05) is 42.5 Å². The zero-order chi connectivity index (χ0) is 13.8. The third kappa shape index (κ3) is 2.70. The maximum atomic E-state index is 5.62. The minimum Gasteiger partial charge on any atom is -0.404 e. The number of alkyl halides is 1. The van der Waals surface area contributed by atoms with Gasteiger partial charge >= 0.3 is 6.01 Å². The summed E-state index contributed by atoms with van der Waals surface area (Å²) in [7, 11) is 0. The largest absolute Gasteiger partial charge is 0.404 e. The summed E-state index contributed by atoms with van der Waals surface area (Å²) in [6, 6.07) is 13.8. The van der Waals surface area contributed by atoms with Crippen LogP contribution < -0.4 is 4.74 Å². The van der Waals surface area contributed by atoms with Gasteiger partial charge < -0.3 is 4.74 Å². The highest BCUT2D eigenvalue weighted by molar-refractivity contribution is 9.08. The summed E-state index contributed by atoms with van der Waals surface area (Å²) < 4.78 is 7.28. The van der Waals surface area contributed by atoms with Crippen LogP contribution in [-0.2, 0) is 5.33 Å². The summed E-state index contributed by atoms with van der Waals surface area (Å²) in [4.78, 5) is 8.32. The molecule has 0 bridgehead atoms. The maximum absolute atomic E-state index is 5.62. The summed E-state index contributed by atoms with van der Waals surface area (Å²) in [6.07, 6.45) is 3.29. The number of aromatic nitrogens is 4. The minimum absolute atomic E-state index is 0.273. The summed E-state index contributed by atoms with van der Waals surface area (Å²) in [5, 5.41) is 4.94. The van der Waals surface area contributed by atoms with Crippen LogP contribution in [0, 0.1) is 0 Å². The highest BCUT2D eigenvalue weighted by atomic mass is 79.9. The van der Waals surface area contributed by atoms with Crippen molar-refractivity contribution in [3.05, 3.63) is 60.6 Å². The first-order chi connectivity index (χ1) is 9.86. The molecule has 20 heavy (non-hydrogen) atoms. The molecule has 6 heteroatoms. The van der Waals surface area contributed by atoms with Crippen LogP contribution in [0.5, 0.6) is 11.9 Å². The fourth-order valence-electron chi connectivity index (χ4n) is 1.70. The topological polar surface area (TPSA) is 52.8 Å². The Kier molecular flexibility index (Phi) is 3.73. The summed E-state index contributed by atoms with van der Waals surface area (Å²) in [6.45, 7) is 0. The number of pyridine rings is 1. The van der Waals surface area contributed by atoms with Crippen molar-refractivity contribution in [2.75, 3.05) is 0 Å². The van der Waals surface area contributed by atoms with E-state index in [9.17, 15) is 0 Å². The molecule has 0 radical (unpaired) electrons. The molecular formula is C14H11BrN4O. The first kappa shape index (κ1) is 12.8. The van der Waals surface area contributed by atoms with Crippen molar-refractivity contribution in [2.24, 2.45) is 0 Å². The number of rotatable bonds is 4. The van der Waals surface area contributed by atoms with Crippen molar-refractivity contribution >= 4 is 15.9 Å². The van der Waals surface area contributed by atoms with Gasteiger partial charge in [0.1, 0.15) is 6.33 Å². The highest BCUT2D eigenvalue weighted by Crippen LogP contribution is 2.22. The second-order valence-corrected chi connectivity index (χ2v) is 4.57. The van der Waals surface area contributed by atoms with Crippen molar-refractivity contribution in [2.45, 2.75) is 5.33 Å². The fourth-order valence-corrected chi connectivity index (χ4v) is 2.13. The number of ether oxygens (including phenoxy) is 1. The van der Waals surface area contributed by atoms with Gasteiger partial charge in [0.15, 0.2) is 0 Å². The zero-order valence-electron chi connectivity index (χ0n) is 10.5. The molecule has 0 fully saturated rings. The Bertz CT molecular complexity index is 699. The number of hydrogen-bond acceptors (Lipinski definition) is 4. The van der Waals surface area contributed by atoms with Gasteiger partial charge in [0, 0.05) is 17.1 Å². The molecule has 0 amide bonds. The quantitative estimate of drug-likeness (QED) is 0.688. The number of para-hydroxylation sites is 1. The molecule has 0 saturated heterocycles. The molecule has 3 rings (SSSR count). The summed E-state index contributed by atoms with van der Waals surface area (Å²) >= 11 is 3.40. The molecule has 0 aliphatic heterocycles. The van der Waals surface area contributed by atoms with Gasteiger partial charge in [-0.05, 0) is 18.2 Å². The van der Waals surface area contributed by atoms with Crippen LogP contribution >= 0.6 is 15.9 Å². The molecule has 5 nitrogen and oxygen atoms in total. The van der Waals surface area contributed by atoms with Crippen LogP contribution in [-0.4, -0.2) is 19.7 Å². The molecule has 3 aromatic rings. The van der Waals surface area contributed by atoms with Crippen molar-refractivity contribution in [3.63, 3.8) is 0 Å². The normalized spacial score (nSPS) is 10.4. The van der Waals surface area contributed by atoms with E-state index in [1.54, 1.807) is 17.2 Å². The molecule has 100 valence electrons. The van der Waals surface area contributed by atoms with Crippen LogP contribution in [0.25, 0.3) is 5.69 Å². The first-order valence-corrected chi connectivity index (χ1v) is 7.14. The van der Waals surface area contributed by atoms with Crippen molar-refractivity contribution in [1.82, 2.24) is 19.7 Å². The molecule has 0 spiro atoms. The van der Waals surface area contributed by atoms with Crippen LogP contribution in [0.2, 0.25) is 0 Å². The Hall–Kier alpha value is -2.21. The van der Waals surface area contributed by atoms with Crippen molar-refractivity contribution in [1.29, 1.82) is 0 Å². The zero-order valence-corrected chi connectivity index (χ0v) is 12.1. The average molecular weight is 331 g/mol.